The number of nitrogen functional groups attached to an aromatic ring is 1. The molecule has 3 unspecified atom stereocenters. The maximum atomic E-state index is 5.78. The van der Waals surface area contributed by atoms with Crippen molar-refractivity contribution in [3.63, 3.8) is 0 Å². The maximum absolute atomic E-state index is 5.78. The summed E-state index contributed by atoms with van der Waals surface area (Å²) in [4.78, 5) is 8.62. The highest BCUT2D eigenvalue weighted by Crippen LogP contribution is 2.45. The van der Waals surface area contributed by atoms with E-state index in [2.05, 4.69) is 15.3 Å². The number of nitrogens with one attached hydrogen (secondary N) is 1. The van der Waals surface area contributed by atoms with Gasteiger partial charge in [-0.3, -0.25) is 0 Å². The summed E-state index contributed by atoms with van der Waals surface area (Å²) >= 11 is 1.53. The predicted octanol–water partition coefficient (Wildman–Crippen LogP) is 2.38. The topological polar surface area (TPSA) is 63.8 Å². The third-order valence-corrected chi connectivity index (χ3v) is 4.53. The van der Waals surface area contributed by atoms with Gasteiger partial charge in [-0.1, -0.05) is 18.2 Å². The molecule has 4 nitrogen and oxygen atoms in total. The Hall–Kier alpha value is -0.970. The van der Waals surface area contributed by atoms with Gasteiger partial charge in [0, 0.05) is 12.1 Å². The molecule has 92 valence electrons. The third-order valence-electron chi connectivity index (χ3n) is 3.98. The number of anilines is 2. The first-order valence-corrected chi connectivity index (χ1v) is 7.42. The SMILES string of the molecule is CSc1nc(N)cc(NC2CC3CCC2C3)n1. The number of hydrogen-bond donors (Lipinski definition) is 2. The number of fused-ring (bicyclic) bond motifs is 2. The van der Waals surface area contributed by atoms with Crippen LogP contribution >= 0.6 is 11.8 Å². The Morgan fingerprint density at radius 3 is 2.88 bits per heavy atom. The molecule has 2 aliphatic carbocycles. The molecule has 3 atom stereocenters. The quantitative estimate of drug-likeness (QED) is 0.637. The zero-order valence-corrected chi connectivity index (χ0v) is 10.8. The molecule has 3 N–H and O–H groups in total. The lowest BCUT2D eigenvalue weighted by atomic mass is 9.95. The van der Waals surface area contributed by atoms with Crippen LogP contribution in [0.2, 0.25) is 0 Å². The van der Waals surface area contributed by atoms with Gasteiger partial charge in [-0.15, -0.1) is 0 Å². The standard InChI is InChI=1S/C12H18N4S/c1-17-12-15-10(13)6-11(16-12)14-9-5-7-2-3-8(9)4-7/h6-9H,2-5H2,1H3,(H3,13,14,15,16). The zero-order valence-electron chi connectivity index (χ0n) is 10.0. The summed E-state index contributed by atoms with van der Waals surface area (Å²) < 4.78 is 0. The minimum atomic E-state index is 0.551. The summed E-state index contributed by atoms with van der Waals surface area (Å²) in [6.07, 6.45) is 7.45. The van der Waals surface area contributed by atoms with Crippen molar-refractivity contribution >= 4 is 23.4 Å². The normalized spacial score (nSPS) is 30.8. The maximum Gasteiger partial charge on any atom is 0.191 e. The van der Waals surface area contributed by atoms with Gasteiger partial charge in [0.25, 0.3) is 0 Å². The largest absolute Gasteiger partial charge is 0.383 e. The van der Waals surface area contributed by atoms with E-state index >= 15 is 0 Å². The first kappa shape index (κ1) is 11.1. The highest BCUT2D eigenvalue weighted by molar-refractivity contribution is 7.98. The first-order valence-electron chi connectivity index (χ1n) is 6.19. The van der Waals surface area contributed by atoms with Crippen molar-refractivity contribution in [3.8, 4) is 0 Å². The van der Waals surface area contributed by atoms with Crippen LogP contribution < -0.4 is 11.1 Å². The molecule has 1 aromatic heterocycles. The molecule has 17 heavy (non-hydrogen) atoms. The lowest BCUT2D eigenvalue weighted by Gasteiger charge is -2.23. The first-order chi connectivity index (χ1) is 8.24. The monoisotopic (exact) mass is 250 g/mol. The molecule has 0 amide bonds. The lowest BCUT2D eigenvalue weighted by Crippen LogP contribution is -2.26. The summed E-state index contributed by atoms with van der Waals surface area (Å²) in [6.45, 7) is 0. The molecule has 0 aliphatic heterocycles. The second-order valence-corrected chi connectivity index (χ2v) is 5.86. The lowest BCUT2D eigenvalue weighted by molar-refractivity contribution is 0.438. The molecule has 2 bridgehead atoms. The van der Waals surface area contributed by atoms with Crippen LogP contribution in [0.25, 0.3) is 0 Å². The number of nitrogens with zero attached hydrogens (tertiary/aromatic N) is 2. The van der Waals surface area contributed by atoms with E-state index in [1.807, 2.05) is 12.3 Å². The molecule has 0 aromatic carbocycles. The molecule has 2 fully saturated rings. The number of hydrogen-bond acceptors (Lipinski definition) is 5. The zero-order chi connectivity index (χ0) is 11.8. The Balaban J connectivity index is 1.74. The minimum absolute atomic E-state index is 0.551. The molecule has 1 aromatic rings. The fourth-order valence-electron chi connectivity index (χ4n) is 3.22. The van der Waals surface area contributed by atoms with Crippen molar-refractivity contribution < 1.29 is 0 Å². The number of thioether (sulfide) groups is 1. The van der Waals surface area contributed by atoms with E-state index in [4.69, 9.17) is 5.73 Å². The van der Waals surface area contributed by atoms with E-state index < -0.39 is 0 Å². The van der Waals surface area contributed by atoms with E-state index in [1.165, 1.54) is 37.4 Å². The second-order valence-electron chi connectivity index (χ2n) is 5.09. The molecule has 0 saturated heterocycles. The molecule has 2 aliphatic rings. The van der Waals surface area contributed by atoms with E-state index in [1.54, 1.807) is 0 Å². The van der Waals surface area contributed by atoms with Gasteiger partial charge in [0.05, 0.1) is 0 Å². The van der Waals surface area contributed by atoms with Gasteiger partial charge in [-0.25, -0.2) is 9.97 Å². The van der Waals surface area contributed by atoms with Crippen LogP contribution in [0.15, 0.2) is 11.2 Å². The predicted molar refractivity (Wildman–Crippen MR) is 71.1 cm³/mol. The molecule has 1 heterocycles. The van der Waals surface area contributed by atoms with Crippen molar-refractivity contribution in [1.82, 2.24) is 9.97 Å². The van der Waals surface area contributed by atoms with Gasteiger partial charge < -0.3 is 11.1 Å². The smallest absolute Gasteiger partial charge is 0.191 e. The van der Waals surface area contributed by atoms with E-state index in [-0.39, 0.29) is 0 Å². The van der Waals surface area contributed by atoms with Crippen molar-refractivity contribution in [2.45, 2.75) is 36.9 Å². The molecular formula is C12H18N4S. The summed E-state index contributed by atoms with van der Waals surface area (Å²) in [6, 6.07) is 2.43. The Kier molecular flexibility index (Phi) is 2.86. The van der Waals surface area contributed by atoms with Crippen LogP contribution in [-0.2, 0) is 0 Å². The van der Waals surface area contributed by atoms with Gasteiger partial charge in [0.15, 0.2) is 5.16 Å². The molecule has 0 radical (unpaired) electrons. The van der Waals surface area contributed by atoms with Crippen LogP contribution in [0, 0.1) is 11.8 Å². The number of aromatic nitrogens is 2. The number of nitrogens with two attached hydrogens (primary N) is 1. The highest BCUT2D eigenvalue weighted by Gasteiger charge is 2.39. The van der Waals surface area contributed by atoms with Gasteiger partial charge >= 0.3 is 0 Å². The summed E-state index contributed by atoms with van der Waals surface area (Å²) in [7, 11) is 0. The second kappa shape index (κ2) is 4.37. The van der Waals surface area contributed by atoms with Crippen molar-refractivity contribution in [2.24, 2.45) is 11.8 Å². The molecule has 5 heteroatoms. The van der Waals surface area contributed by atoms with Crippen molar-refractivity contribution in [2.75, 3.05) is 17.3 Å². The average molecular weight is 250 g/mol. The number of rotatable bonds is 3. The summed E-state index contributed by atoms with van der Waals surface area (Å²) in [5.74, 6) is 3.22. The Morgan fingerprint density at radius 2 is 2.24 bits per heavy atom. The van der Waals surface area contributed by atoms with Crippen LogP contribution in [0.5, 0.6) is 0 Å². The Morgan fingerprint density at radius 1 is 1.35 bits per heavy atom. The highest BCUT2D eigenvalue weighted by atomic mass is 32.2. The van der Waals surface area contributed by atoms with Crippen LogP contribution in [0.1, 0.15) is 25.7 Å². The average Bonchev–Trinajstić information content (AvgIpc) is 2.90. The van der Waals surface area contributed by atoms with Gasteiger partial charge in [0.1, 0.15) is 11.6 Å². The van der Waals surface area contributed by atoms with E-state index in [0.717, 1.165) is 22.8 Å². The fourth-order valence-corrected chi connectivity index (χ4v) is 3.61. The van der Waals surface area contributed by atoms with Crippen LogP contribution in [-0.4, -0.2) is 22.3 Å². The van der Waals surface area contributed by atoms with Gasteiger partial charge in [-0.2, -0.15) is 0 Å². The van der Waals surface area contributed by atoms with Gasteiger partial charge in [-0.05, 0) is 37.4 Å². The summed E-state index contributed by atoms with van der Waals surface area (Å²) in [5.41, 5.74) is 5.78. The van der Waals surface area contributed by atoms with Crippen molar-refractivity contribution in [3.05, 3.63) is 6.07 Å². The summed E-state index contributed by atoms with van der Waals surface area (Å²) in [5, 5.41) is 4.29. The minimum Gasteiger partial charge on any atom is -0.383 e. The molecule has 0 spiro atoms. The van der Waals surface area contributed by atoms with Crippen LogP contribution in [0.3, 0.4) is 0 Å². The Labute approximate surface area is 106 Å². The third kappa shape index (κ3) is 2.20. The molecule has 2 saturated carbocycles. The molecule has 3 rings (SSSR count). The fraction of sp³-hybridized carbons (Fsp3) is 0.667. The Bertz CT molecular complexity index is 423. The van der Waals surface area contributed by atoms with E-state index in [9.17, 15) is 0 Å². The van der Waals surface area contributed by atoms with Crippen LogP contribution in [0.4, 0.5) is 11.6 Å². The molecular weight excluding hydrogens is 232 g/mol. The van der Waals surface area contributed by atoms with Crippen molar-refractivity contribution in [1.29, 1.82) is 0 Å². The van der Waals surface area contributed by atoms with E-state index in [0.29, 0.717) is 11.9 Å². The van der Waals surface area contributed by atoms with Gasteiger partial charge in [0.2, 0.25) is 0 Å².